The molecule has 0 heteroatoms. The summed E-state index contributed by atoms with van der Waals surface area (Å²) in [6.45, 7) is 4.52. The standard InChI is InChI=1S/C36H42/c1-3-5-7-8-9-10-12-14-32-17-21-34(22-18-32)24-26-36-29-27-35(28-30-36)25-23-33-19-15-31(16-20-33)13-11-6-4-2/h15-22,27-30H,3-14H2,1-2H3. The van der Waals surface area contributed by atoms with Gasteiger partial charge in [-0.05, 0) is 85.3 Å². The maximum absolute atomic E-state index is 3.30. The molecule has 0 unspecified atom stereocenters. The third-order valence-electron chi connectivity index (χ3n) is 6.63. The van der Waals surface area contributed by atoms with Crippen molar-refractivity contribution in [2.24, 2.45) is 0 Å². The third kappa shape index (κ3) is 10.6. The Morgan fingerprint density at radius 3 is 1.03 bits per heavy atom. The lowest BCUT2D eigenvalue weighted by Gasteiger charge is -2.02. The Morgan fingerprint density at radius 2 is 0.639 bits per heavy atom. The molecule has 0 amide bonds. The fourth-order valence-corrected chi connectivity index (χ4v) is 4.30. The molecule has 186 valence electrons. The zero-order chi connectivity index (χ0) is 25.3. The number of rotatable bonds is 12. The van der Waals surface area contributed by atoms with Crippen LogP contribution in [0.3, 0.4) is 0 Å². The molecular weight excluding hydrogens is 432 g/mol. The van der Waals surface area contributed by atoms with Crippen molar-refractivity contribution in [3.63, 3.8) is 0 Å². The summed E-state index contributed by atoms with van der Waals surface area (Å²) in [6.07, 6.45) is 15.7. The fourth-order valence-electron chi connectivity index (χ4n) is 4.30. The van der Waals surface area contributed by atoms with Gasteiger partial charge >= 0.3 is 0 Å². The molecule has 0 nitrogen and oxygen atoms in total. The largest absolute Gasteiger partial charge is 0.0654 e. The van der Waals surface area contributed by atoms with Crippen LogP contribution in [0.5, 0.6) is 0 Å². The van der Waals surface area contributed by atoms with Crippen molar-refractivity contribution >= 4 is 0 Å². The Balaban J connectivity index is 1.45. The normalized spacial score (nSPS) is 10.3. The van der Waals surface area contributed by atoms with Crippen molar-refractivity contribution in [3.05, 3.63) is 106 Å². The molecule has 36 heavy (non-hydrogen) atoms. The first-order valence-corrected chi connectivity index (χ1v) is 14.1. The molecular formula is C36H42. The number of aryl methyl sites for hydroxylation is 2. The van der Waals surface area contributed by atoms with E-state index in [1.165, 1.54) is 81.8 Å². The van der Waals surface area contributed by atoms with E-state index in [9.17, 15) is 0 Å². The molecule has 0 radical (unpaired) electrons. The number of unbranched alkanes of at least 4 members (excludes halogenated alkanes) is 8. The van der Waals surface area contributed by atoms with Gasteiger partial charge in [-0.25, -0.2) is 0 Å². The van der Waals surface area contributed by atoms with Crippen LogP contribution in [-0.4, -0.2) is 0 Å². The summed E-state index contributed by atoms with van der Waals surface area (Å²) in [5, 5.41) is 0. The first-order chi connectivity index (χ1) is 17.8. The molecule has 0 heterocycles. The van der Waals surface area contributed by atoms with Crippen LogP contribution in [-0.2, 0) is 12.8 Å². The molecule has 0 aromatic heterocycles. The van der Waals surface area contributed by atoms with Gasteiger partial charge in [-0.2, -0.15) is 0 Å². The number of hydrogen-bond acceptors (Lipinski definition) is 0. The topological polar surface area (TPSA) is 0 Å². The second-order valence-electron chi connectivity index (χ2n) is 9.80. The summed E-state index contributed by atoms with van der Waals surface area (Å²) >= 11 is 0. The molecule has 0 aliphatic heterocycles. The summed E-state index contributed by atoms with van der Waals surface area (Å²) in [5.41, 5.74) is 6.99. The molecule has 0 spiro atoms. The molecule has 0 saturated carbocycles. The predicted molar refractivity (Wildman–Crippen MR) is 156 cm³/mol. The third-order valence-corrected chi connectivity index (χ3v) is 6.63. The number of hydrogen-bond donors (Lipinski definition) is 0. The van der Waals surface area contributed by atoms with Crippen LogP contribution in [0.25, 0.3) is 0 Å². The lowest BCUT2D eigenvalue weighted by atomic mass is 10.0. The van der Waals surface area contributed by atoms with E-state index in [1.54, 1.807) is 0 Å². The molecule has 0 bridgehead atoms. The van der Waals surface area contributed by atoms with Gasteiger partial charge in [0, 0.05) is 22.3 Å². The fraction of sp³-hybridized carbons (Fsp3) is 0.389. The highest BCUT2D eigenvalue weighted by atomic mass is 14.0. The Labute approximate surface area is 220 Å². The summed E-state index contributed by atoms with van der Waals surface area (Å²) in [4.78, 5) is 0. The molecule has 0 atom stereocenters. The number of benzene rings is 3. The first kappa shape index (κ1) is 27.4. The minimum atomic E-state index is 1.02. The lowest BCUT2D eigenvalue weighted by molar-refractivity contribution is 0.589. The zero-order valence-electron chi connectivity index (χ0n) is 22.4. The molecule has 3 aromatic carbocycles. The van der Waals surface area contributed by atoms with Crippen LogP contribution in [0, 0.1) is 23.7 Å². The van der Waals surface area contributed by atoms with Gasteiger partial charge in [0.2, 0.25) is 0 Å². The average molecular weight is 475 g/mol. The minimum absolute atomic E-state index is 1.02. The van der Waals surface area contributed by atoms with E-state index in [2.05, 4.69) is 110 Å². The van der Waals surface area contributed by atoms with Crippen molar-refractivity contribution in [2.45, 2.75) is 90.9 Å². The van der Waals surface area contributed by atoms with Gasteiger partial charge in [0.15, 0.2) is 0 Å². The minimum Gasteiger partial charge on any atom is -0.0654 e. The zero-order valence-corrected chi connectivity index (χ0v) is 22.4. The van der Waals surface area contributed by atoms with Crippen molar-refractivity contribution < 1.29 is 0 Å². The first-order valence-electron chi connectivity index (χ1n) is 14.1. The summed E-state index contributed by atoms with van der Waals surface area (Å²) in [7, 11) is 0. The lowest BCUT2D eigenvalue weighted by Crippen LogP contribution is -1.87. The SMILES string of the molecule is CCCCCCCCCc1ccc(C#Cc2ccc(C#Cc3ccc(CCCCC)cc3)cc2)cc1. The second-order valence-corrected chi connectivity index (χ2v) is 9.80. The Kier molecular flexibility index (Phi) is 12.5. The molecule has 0 aliphatic rings. The van der Waals surface area contributed by atoms with Crippen molar-refractivity contribution in [3.8, 4) is 23.7 Å². The van der Waals surface area contributed by atoms with Crippen molar-refractivity contribution in [2.75, 3.05) is 0 Å². The molecule has 3 aromatic rings. The van der Waals surface area contributed by atoms with Crippen LogP contribution < -0.4 is 0 Å². The highest BCUT2D eigenvalue weighted by Crippen LogP contribution is 2.12. The molecule has 0 aliphatic carbocycles. The Hall–Kier alpha value is -3.22. The summed E-state index contributed by atoms with van der Waals surface area (Å²) in [5.74, 6) is 13.1. The van der Waals surface area contributed by atoms with Gasteiger partial charge in [0.05, 0.1) is 0 Å². The maximum Gasteiger partial charge on any atom is 0.0249 e. The summed E-state index contributed by atoms with van der Waals surface area (Å²) < 4.78 is 0. The van der Waals surface area contributed by atoms with Gasteiger partial charge in [-0.15, -0.1) is 0 Å². The van der Waals surface area contributed by atoms with Gasteiger partial charge in [0.1, 0.15) is 0 Å². The predicted octanol–water partition coefficient (Wildman–Crippen LogP) is 9.51. The van der Waals surface area contributed by atoms with Gasteiger partial charge in [0.25, 0.3) is 0 Å². The molecule has 0 fully saturated rings. The summed E-state index contributed by atoms with van der Waals surface area (Å²) in [6, 6.07) is 25.7. The van der Waals surface area contributed by atoms with Crippen LogP contribution >= 0.6 is 0 Å². The van der Waals surface area contributed by atoms with E-state index in [0.29, 0.717) is 0 Å². The average Bonchev–Trinajstić information content (AvgIpc) is 2.92. The van der Waals surface area contributed by atoms with Crippen LogP contribution in [0.1, 0.15) is 111 Å². The Bertz CT molecular complexity index is 1120. The van der Waals surface area contributed by atoms with E-state index in [-0.39, 0.29) is 0 Å². The van der Waals surface area contributed by atoms with Gasteiger partial charge < -0.3 is 0 Å². The smallest absolute Gasteiger partial charge is 0.0249 e. The van der Waals surface area contributed by atoms with E-state index in [1.807, 2.05) is 0 Å². The van der Waals surface area contributed by atoms with E-state index in [0.717, 1.165) is 28.7 Å². The van der Waals surface area contributed by atoms with Crippen molar-refractivity contribution in [1.82, 2.24) is 0 Å². The molecule has 0 saturated heterocycles. The highest BCUT2D eigenvalue weighted by molar-refractivity contribution is 5.48. The quantitative estimate of drug-likeness (QED) is 0.181. The van der Waals surface area contributed by atoms with E-state index >= 15 is 0 Å². The second kappa shape index (κ2) is 16.5. The van der Waals surface area contributed by atoms with Gasteiger partial charge in [-0.3, -0.25) is 0 Å². The highest BCUT2D eigenvalue weighted by Gasteiger charge is 1.96. The monoisotopic (exact) mass is 474 g/mol. The molecule has 3 rings (SSSR count). The van der Waals surface area contributed by atoms with Gasteiger partial charge in [-0.1, -0.05) is 113 Å². The van der Waals surface area contributed by atoms with E-state index < -0.39 is 0 Å². The molecule has 0 N–H and O–H groups in total. The van der Waals surface area contributed by atoms with Crippen LogP contribution in [0.15, 0.2) is 72.8 Å². The van der Waals surface area contributed by atoms with Crippen LogP contribution in [0.4, 0.5) is 0 Å². The Morgan fingerprint density at radius 1 is 0.361 bits per heavy atom. The van der Waals surface area contributed by atoms with Crippen LogP contribution in [0.2, 0.25) is 0 Å². The maximum atomic E-state index is 3.30. The van der Waals surface area contributed by atoms with Crippen molar-refractivity contribution in [1.29, 1.82) is 0 Å². The van der Waals surface area contributed by atoms with E-state index in [4.69, 9.17) is 0 Å².